The third kappa shape index (κ3) is 3.05. The number of ether oxygens (including phenoxy) is 2. The highest BCUT2D eigenvalue weighted by Crippen LogP contribution is 2.26. The van der Waals surface area contributed by atoms with Crippen molar-refractivity contribution in [1.29, 1.82) is 0 Å². The Kier molecular flexibility index (Phi) is 4.53. The molecular weight excluding hydrogens is 264 g/mol. The SMILES string of the molecule is COc1ccc(CN)c(OCc2c(F)cccc2F)c1. The van der Waals surface area contributed by atoms with Crippen molar-refractivity contribution < 1.29 is 18.3 Å². The smallest absolute Gasteiger partial charge is 0.132 e. The molecule has 0 saturated heterocycles. The van der Waals surface area contributed by atoms with Gasteiger partial charge in [0.2, 0.25) is 0 Å². The molecule has 0 bridgehead atoms. The lowest BCUT2D eigenvalue weighted by molar-refractivity contribution is 0.287. The van der Waals surface area contributed by atoms with E-state index in [2.05, 4.69) is 0 Å². The molecule has 0 amide bonds. The van der Waals surface area contributed by atoms with Gasteiger partial charge in [0, 0.05) is 18.2 Å². The number of halogens is 2. The second-order valence-electron chi connectivity index (χ2n) is 4.17. The Labute approximate surface area is 115 Å². The van der Waals surface area contributed by atoms with E-state index in [4.69, 9.17) is 15.2 Å². The number of methoxy groups -OCH3 is 1. The van der Waals surface area contributed by atoms with Crippen molar-refractivity contribution in [2.75, 3.05) is 7.11 Å². The summed E-state index contributed by atoms with van der Waals surface area (Å²) in [5.41, 5.74) is 6.23. The number of hydrogen-bond donors (Lipinski definition) is 1. The van der Waals surface area contributed by atoms with E-state index in [0.29, 0.717) is 11.5 Å². The number of rotatable bonds is 5. The molecule has 0 fully saturated rings. The van der Waals surface area contributed by atoms with Crippen molar-refractivity contribution in [3.8, 4) is 11.5 Å². The van der Waals surface area contributed by atoms with Crippen LogP contribution in [0.15, 0.2) is 36.4 Å². The highest BCUT2D eigenvalue weighted by molar-refractivity contribution is 5.40. The van der Waals surface area contributed by atoms with Gasteiger partial charge in [0.25, 0.3) is 0 Å². The maximum absolute atomic E-state index is 13.5. The summed E-state index contributed by atoms with van der Waals surface area (Å²) in [5, 5.41) is 0. The van der Waals surface area contributed by atoms with Gasteiger partial charge in [0.05, 0.1) is 12.7 Å². The van der Waals surface area contributed by atoms with Crippen LogP contribution < -0.4 is 15.2 Å². The quantitative estimate of drug-likeness (QED) is 0.915. The summed E-state index contributed by atoms with van der Waals surface area (Å²) < 4.78 is 37.6. The van der Waals surface area contributed by atoms with Gasteiger partial charge in [0.15, 0.2) is 0 Å². The summed E-state index contributed by atoms with van der Waals surface area (Å²) in [6.45, 7) is 0.0533. The van der Waals surface area contributed by atoms with Crippen LogP contribution in [0.5, 0.6) is 11.5 Å². The third-order valence-electron chi connectivity index (χ3n) is 2.93. The van der Waals surface area contributed by atoms with Crippen molar-refractivity contribution in [2.45, 2.75) is 13.2 Å². The first kappa shape index (κ1) is 14.3. The molecule has 0 saturated carbocycles. The van der Waals surface area contributed by atoms with Gasteiger partial charge in [-0.1, -0.05) is 12.1 Å². The lowest BCUT2D eigenvalue weighted by Crippen LogP contribution is -2.05. The fourth-order valence-electron chi connectivity index (χ4n) is 1.78. The summed E-state index contributed by atoms with van der Waals surface area (Å²) >= 11 is 0. The normalized spacial score (nSPS) is 10.4. The van der Waals surface area contributed by atoms with Gasteiger partial charge in [-0.05, 0) is 18.2 Å². The molecule has 0 radical (unpaired) electrons. The van der Waals surface area contributed by atoms with Crippen LogP contribution in [-0.4, -0.2) is 7.11 Å². The highest BCUT2D eigenvalue weighted by atomic mass is 19.1. The molecule has 0 aliphatic heterocycles. The fourth-order valence-corrected chi connectivity index (χ4v) is 1.78. The average Bonchev–Trinajstić information content (AvgIpc) is 2.46. The zero-order valence-corrected chi connectivity index (χ0v) is 11.0. The first-order valence-corrected chi connectivity index (χ1v) is 6.08. The van der Waals surface area contributed by atoms with E-state index >= 15 is 0 Å². The minimum absolute atomic E-state index is 0.113. The van der Waals surface area contributed by atoms with E-state index in [-0.39, 0.29) is 18.7 Å². The molecule has 0 spiro atoms. The van der Waals surface area contributed by atoms with Crippen LogP contribution in [0.2, 0.25) is 0 Å². The molecule has 3 nitrogen and oxygen atoms in total. The van der Waals surface area contributed by atoms with E-state index in [1.807, 2.05) is 0 Å². The molecule has 0 unspecified atom stereocenters. The second kappa shape index (κ2) is 6.34. The fraction of sp³-hybridized carbons (Fsp3) is 0.200. The Morgan fingerprint density at radius 2 is 1.80 bits per heavy atom. The van der Waals surface area contributed by atoms with E-state index in [9.17, 15) is 8.78 Å². The minimum atomic E-state index is -0.637. The maximum atomic E-state index is 13.5. The van der Waals surface area contributed by atoms with Crippen molar-refractivity contribution in [3.63, 3.8) is 0 Å². The number of nitrogens with two attached hydrogens (primary N) is 1. The molecule has 0 aliphatic rings. The minimum Gasteiger partial charge on any atom is -0.497 e. The standard InChI is InChI=1S/C15H15F2NO2/c1-19-11-6-5-10(8-18)15(7-11)20-9-12-13(16)3-2-4-14(12)17/h2-7H,8-9,18H2,1H3. The highest BCUT2D eigenvalue weighted by Gasteiger charge is 2.11. The molecule has 0 atom stereocenters. The molecule has 2 N–H and O–H groups in total. The Hall–Kier alpha value is -2.14. The van der Waals surface area contributed by atoms with Gasteiger partial charge < -0.3 is 15.2 Å². The van der Waals surface area contributed by atoms with Crippen LogP contribution in [0, 0.1) is 11.6 Å². The molecular formula is C15H15F2NO2. The lowest BCUT2D eigenvalue weighted by atomic mass is 10.2. The van der Waals surface area contributed by atoms with Crippen LogP contribution in [0.25, 0.3) is 0 Å². The van der Waals surface area contributed by atoms with E-state index in [1.54, 1.807) is 18.2 Å². The second-order valence-corrected chi connectivity index (χ2v) is 4.17. The Balaban J connectivity index is 2.22. The summed E-state index contributed by atoms with van der Waals surface area (Å²) in [4.78, 5) is 0. The lowest BCUT2D eigenvalue weighted by Gasteiger charge is -2.12. The number of hydrogen-bond acceptors (Lipinski definition) is 3. The Morgan fingerprint density at radius 1 is 1.10 bits per heavy atom. The van der Waals surface area contributed by atoms with Gasteiger partial charge in [-0.15, -0.1) is 0 Å². The first-order valence-electron chi connectivity index (χ1n) is 6.08. The molecule has 2 rings (SSSR count). The monoisotopic (exact) mass is 279 g/mol. The molecule has 0 heterocycles. The van der Waals surface area contributed by atoms with Crippen LogP contribution in [0.4, 0.5) is 8.78 Å². The zero-order valence-electron chi connectivity index (χ0n) is 11.0. The van der Waals surface area contributed by atoms with Crippen molar-refractivity contribution in [1.82, 2.24) is 0 Å². The third-order valence-corrected chi connectivity index (χ3v) is 2.93. The Morgan fingerprint density at radius 3 is 2.40 bits per heavy atom. The molecule has 5 heteroatoms. The molecule has 106 valence electrons. The van der Waals surface area contributed by atoms with Gasteiger partial charge in [-0.3, -0.25) is 0 Å². The topological polar surface area (TPSA) is 44.5 Å². The molecule has 0 aliphatic carbocycles. The maximum Gasteiger partial charge on any atom is 0.132 e. The van der Waals surface area contributed by atoms with Crippen LogP contribution in [0.1, 0.15) is 11.1 Å². The summed E-state index contributed by atoms with van der Waals surface area (Å²) in [6.07, 6.45) is 0. The Bertz CT molecular complexity index is 582. The largest absolute Gasteiger partial charge is 0.497 e. The average molecular weight is 279 g/mol. The van der Waals surface area contributed by atoms with Gasteiger partial charge in [-0.25, -0.2) is 8.78 Å². The summed E-state index contributed by atoms with van der Waals surface area (Å²) in [6, 6.07) is 8.84. The van der Waals surface area contributed by atoms with E-state index < -0.39 is 11.6 Å². The van der Waals surface area contributed by atoms with Gasteiger partial charge in [0.1, 0.15) is 29.7 Å². The first-order chi connectivity index (χ1) is 9.65. The van der Waals surface area contributed by atoms with E-state index in [0.717, 1.165) is 5.56 Å². The predicted molar refractivity (Wildman–Crippen MR) is 71.6 cm³/mol. The van der Waals surface area contributed by atoms with E-state index in [1.165, 1.54) is 25.3 Å². The van der Waals surface area contributed by atoms with Crippen LogP contribution >= 0.6 is 0 Å². The van der Waals surface area contributed by atoms with Gasteiger partial charge >= 0.3 is 0 Å². The summed E-state index contributed by atoms with van der Waals surface area (Å²) in [7, 11) is 1.53. The zero-order chi connectivity index (χ0) is 14.5. The predicted octanol–water partition coefficient (Wildman–Crippen LogP) is 3.01. The molecule has 0 aromatic heterocycles. The van der Waals surface area contributed by atoms with Crippen LogP contribution in [-0.2, 0) is 13.2 Å². The van der Waals surface area contributed by atoms with Gasteiger partial charge in [-0.2, -0.15) is 0 Å². The molecule has 2 aromatic carbocycles. The van der Waals surface area contributed by atoms with Crippen molar-refractivity contribution >= 4 is 0 Å². The molecule has 2 aromatic rings. The van der Waals surface area contributed by atoms with Crippen LogP contribution in [0.3, 0.4) is 0 Å². The summed E-state index contributed by atoms with van der Waals surface area (Å²) in [5.74, 6) is -0.231. The van der Waals surface area contributed by atoms with Crippen molar-refractivity contribution in [2.24, 2.45) is 5.73 Å². The molecule has 20 heavy (non-hydrogen) atoms. The van der Waals surface area contributed by atoms with Crippen molar-refractivity contribution in [3.05, 3.63) is 59.2 Å². The number of benzene rings is 2.